The van der Waals surface area contributed by atoms with Gasteiger partial charge in [-0.1, -0.05) is 18.2 Å². The number of para-hydroxylation sites is 1. The highest BCUT2D eigenvalue weighted by molar-refractivity contribution is 5.92. The van der Waals surface area contributed by atoms with Crippen molar-refractivity contribution in [2.45, 2.75) is 19.4 Å². The number of aryl methyl sites for hydroxylation is 1. The van der Waals surface area contributed by atoms with Gasteiger partial charge in [-0.2, -0.15) is 0 Å². The highest BCUT2D eigenvalue weighted by atomic mass is 16.2. The number of hydrogen-bond acceptors (Lipinski definition) is 5. The molecule has 2 aromatic heterocycles. The maximum Gasteiger partial charge on any atom is 0.327 e. The molecule has 3 aromatic rings. The molecule has 1 fully saturated rings. The number of nitrogens with one attached hydrogen (secondary N) is 3. The highest BCUT2D eigenvalue weighted by Gasteiger charge is 2.24. The molecule has 0 bridgehead atoms. The van der Waals surface area contributed by atoms with Crippen LogP contribution < -0.4 is 21.5 Å². The van der Waals surface area contributed by atoms with E-state index in [1.165, 1.54) is 6.07 Å². The van der Waals surface area contributed by atoms with Gasteiger partial charge in [0.1, 0.15) is 5.82 Å². The van der Waals surface area contributed by atoms with E-state index >= 15 is 0 Å². The monoisotopic (exact) mass is 337 g/mol. The number of H-pyrrole nitrogens is 2. The molecule has 1 saturated heterocycles. The van der Waals surface area contributed by atoms with E-state index in [0.717, 1.165) is 41.7 Å². The van der Waals surface area contributed by atoms with Crippen molar-refractivity contribution >= 4 is 22.4 Å². The van der Waals surface area contributed by atoms with E-state index in [1.54, 1.807) is 0 Å². The highest BCUT2D eigenvalue weighted by Crippen LogP contribution is 2.28. The molecule has 0 spiro atoms. The fraction of sp³-hybridized carbons (Fsp3) is 0.278. The number of fused-ring (bicyclic) bond motifs is 1. The summed E-state index contributed by atoms with van der Waals surface area (Å²) in [6, 6.07) is 9.72. The van der Waals surface area contributed by atoms with Gasteiger partial charge in [-0.15, -0.1) is 0 Å². The lowest BCUT2D eigenvalue weighted by Crippen LogP contribution is -2.31. The molecule has 1 aliphatic rings. The van der Waals surface area contributed by atoms with Gasteiger partial charge in [-0.05, 0) is 25.0 Å². The number of aromatic amines is 2. The van der Waals surface area contributed by atoms with E-state index < -0.39 is 5.69 Å². The van der Waals surface area contributed by atoms with Crippen LogP contribution in [0, 0.1) is 6.92 Å². The second-order valence-electron chi connectivity index (χ2n) is 6.38. The van der Waals surface area contributed by atoms with Crippen molar-refractivity contribution in [3.8, 4) is 0 Å². The summed E-state index contributed by atoms with van der Waals surface area (Å²) in [5, 5.41) is 4.72. The third kappa shape index (κ3) is 3.00. The summed E-state index contributed by atoms with van der Waals surface area (Å²) >= 11 is 0. The van der Waals surface area contributed by atoms with Gasteiger partial charge >= 0.3 is 5.69 Å². The van der Waals surface area contributed by atoms with E-state index in [-0.39, 0.29) is 11.6 Å². The molecule has 128 valence electrons. The number of nitrogens with zero attached hydrogens (tertiary/aromatic N) is 2. The second-order valence-corrected chi connectivity index (χ2v) is 6.38. The van der Waals surface area contributed by atoms with Crippen molar-refractivity contribution in [1.29, 1.82) is 0 Å². The summed E-state index contributed by atoms with van der Waals surface area (Å²) in [7, 11) is 0. The predicted octanol–water partition coefficient (Wildman–Crippen LogP) is 1.61. The van der Waals surface area contributed by atoms with Gasteiger partial charge in [-0.25, -0.2) is 4.79 Å². The average molecular weight is 337 g/mol. The van der Waals surface area contributed by atoms with Crippen LogP contribution in [0.15, 0.2) is 46.1 Å². The van der Waals surface area contributed by atoms with Crippen LogP contribution in [0.1, 0.15) is 12.0 Å². The molecule has 1 aliphatic heterocycles. The molecule has 0 saturated carbocycles. The summed E-state index contributed by atoms with van der Waals surface area (Å²) in [4.78, 5) is 34.4. The molecule has 4 rings (SSSR count). The number of rotatable bonds is 3. The molecule has 0 amide bonds. The number of benzene rings is 1. The lowest BCUT2D eigenvalue weighted by Gasteiger charge is -2.20. The van der Waals surface area contributed by atoms with E-state index in [4.69, 9.17) is 0 Å². The van der Waals surface area contributed by atoms with Crippen LogP contribution in [0.4, 0.5) is 11.5 Å². The molecule has 25 heavy (non-hydrogen) atoms. The van der Waals surface area contributed by atoms with Gasteiger partial charge < -0.3 is 10.2 Å². The maximum atomic E-state index is 11.5. The van der Waals surface area contributed by atoms with Crippen molar-refractivity contribution in [3.63, 3.8) is 0 Å². The normalized spacial score (nSPS) is 17.2. The quantitative estimate of drug-likeness (QED) is 0.675. The van der Waals surface area contributed by atoms with Gasteiger partial charge in [0, 0.05) is 42.5 Å². The fourth-order valence-corrected chi connectivity index (χ4v) is 3.36. The Labute approximate surface area is 143 Å². The van der Waals surface area contributed by atoms with Crippen LogP contribution in [-0.4, -0.2) is 34.1 Å². The molecule has 7 heteroatoms. The molecular weight excluding hydrogens is 318 g/mol. The van der Waals surface area contributed by atoms with Gasteiger partial charge in [0.15, 0.2) is 0 Å². The van der Waals surface area contributed by atoms with Gasteiger partial charge in [0.05, 0.1) is 5.52 Å². The summed E-state index contributed by atoms with van der Waals surface area (Å²) in [6.45, 7) is 3.54. The van der Waals surface area contributed by atoms with E-state index in [2.05, 4.69) is 26.3 Å². The van der Waals surface area contributed by atoms with Crippen molar-refractivity contribution in [3.05, 3.63) is 62.9 Å². The van der Waals surface area contributed by atoms with Crippen molar-refractivity contribution in [2.75, 3.05) is 23.3 Å². The Morgan fingerprint density at radius 1 is 1.24 bits per heavy atom. The van der Waals surface area contributed by atoms with Crippen molar-refractivity contribution < 1.29 is 0 Å². The fourth-order valence-electron chi connectivity index (χ4n) is 3.36. The summed E-state index contributed by atoms with van der Waals surface area (Å²) in [5.41, 5.74) is 2.30. The Morgan fingerprint density at radius 2 is 2.08 bits per heavy atom. The lowest BCUT2D eigenvalue weighted by molar-refractivity contribution is 0.805. The number of pyridine rings is 1. The second kappa shape index (κ2) is 6.08. The van der Waals surface area contributed by atoms with Crippen LogP contribution in [0.5, 0.6) is 0 Å². The van der Waals surface area contributed by atoms with Crippen LogP contribution in [-0.2, 0) is 0 Å². The van der Waals surface area contributed by atoms with Crippen LogP contribution in [0.2, 0.25) is 0 Å². The molecular formula is C18H19N5O2. The molecule has 3 N–H and O–H groups in total. The minimum atomic E-state index is -0.477. The SMILES string of the molecule is Cc1cnc2ccccc2c1N[C@H]1CCN(c2cc(=O)[nH]c(=O)[nH]2)C1. The Balaban J connectivity index is 1.58. The minimum Gasteiger partial charge on any atom is -0.380 e. The first-order valence-corrected chi connectivity index (χ1v) is 8.29. The molecule has 1 atom stereocenters. The van der Waals surface area contributed by atoms with Crippen LogP contribution in [0.25, 0.3) is 10.9 Å². The standard InChI is InChI=1S/C18H19N5O2/c1-11-9-19-14-5-3-2-4-13(14)17(11)20-12-6-7-23(10-12)15-8-16(24)22-18(25)21-15/h2-5,8-9,12H,6-7,10H2,1H3,(H,19,20)(H2,21,22,24,25)/t12-/m0/s1. The molecule has 3 heterocycles. The first-order valence-electron chi connectivity index (χ1n) is 8.29. The zero-order valence-electron chi connectivity index (χ0n) is 13.9. The van der Waals surface area contributed by atoms with Crippen molar-refractivity contribution in [1.82, 2.24) is 15.0 Å². The number of hydrogen-bond donors (Lipinski definition) is 3. The molecule has 0 radical (unpaired) electrons. The van der Waals surface area contributed by atoms with E-state index in [0.29, 0.717) is 5.82 Å². The van der Waals surface area contributed by atoms with Gasteiger partial charge in [0.25, 0.3) is 5.56 Å². The third-order valence-corrected chi connectivity index (χ3v) is 4.59. The van der Waals surface area contributed by atoms with Crippen LogP contribution in [0.3, 0.4) is 0 Å². The molecule has 0 aliphatic carbocycles. The number of aromatic nitrogens is 3. The van der Waals surface area contributed by atoms with Gasteiger partial charge in [-0.3, -0.25) is 19.7 Å². The summed E-state index contributed by atoms with van der Waals surface area (Å²) in [6.07, 6.45) is 2.80. The Bertz CT molecular complexity index is 1010. The zero-order chi connectivity index (χ0) is 17.4. The first-order chi connectivity index (χ1) is 12.1. The summed E-state index contributed by atoms with van der Waals surface area (Å²) in [5.74, 6) is 0.564. The Hall–Kier alpha value is -3.09. The Kier molecular flexibility index (Phi) is 3.76. The summed E-state index contributed by atoms with van der Waals surface area (Å²) < 4.78 is 0. The minimum absolute atomic E-state index is 0.229. The van der Waals surface area contributed by atoms with Gasteiger partial charge in [0.2, 0.25) is 0 Å². The average Bonchev–Trinajstić information content (AvgIpc) is 3.05. The van der Waals surface area contributed by atoms with Crippen LogP contribution >= 0.6 is 0 Å². The largest absolute Gasteiger partial charge is 0.380 e. The first kappa shape index (κ1) is 15.4. The van der Waals surface area contributed by atoms with Crippen molar-refractivity contribution in [2.24, 2.45) is 0 Å². The topological polar surface area (TPSA) is 93.9 Å². The Morgan fingerprint density at radius 3 is 2.92 bits per heavy atom. The molecule has 7 nitrogen and oxygen atoms in total. The van der Waals surface area contributed by atoms with E-state index in [9.17, 15) is 9.59 Å². The maximum absolute atomic E-state index is 11.5. The van der Waals surface area contributed by atoms with E-state index in [1.807, 2.05) is 36.2 Å². The predicted molar refractivity (Wildman–Crippen MR) is 98.4 cm³/mol. The lowest BCUT2D eigenvalue weighted by atomic mass is 10.1. The molecule has 0 unspecified atom stereocenters. The molecule has 1 aromatic carbocycles. The third-order valence-electron chi connectivity index (χ3n) is 4.59. The smallest absolute Gasteiger partial charge is 0.327 e. The zero-order valence-corrected chi connectivity index (χ0v) is 13.9. The number of anilines is 2.